The van der Waals surface area contributed by atoms with Crippen LogP contribution in [0, 0.1) is 5.82 Å². The molecule has 3 rings (SSSR count). The van der Waals surface area contributed by atoms with Crippen LogP contribution in [0.3, 0.4) is 0 Å². The first kappa shape index (κ1) is 15.2. The van der Waals surface area contributed by atoms with E-state index in [1.54, 1.807) is 12.3 Å². The van der Waals surface area contributed by atoms with Crippen LogP contribution < -0.4 is 10.1 Å². The minimum absolute atomic E-state index is 0.317. The summed E-state index contributed by atoms with van der Waals surface area (Å²) in [5.74, 6) is 0.974. The molecule has 6 heteroatoms. The van der Waals surface area contributed by atoms with E-state index in [-0.39, 0.29) is 5.82 Å². The zero-order valence-electron chi connectivity index (χ0n) is 12.0. The molecule has 0 spiro atoms. The van der Waals surface area contributed by atoms with E-state index in [0.717, 1.165) is 5.56 Å². The van der Waals surface area contributed by atoms with E-state index < -0.39 is 0 Å². The van der Waals surface area contributed by atoms with Gasteiger partial charge in [0.1, 0.15) is 11.6 Å². The van der Waals surface area contributed by atoms with Gasteiger partial charge in [-0.3, -0.25) is 0 Å². The molecule has 0 saturated carbocycles. The van der Waals surface area contributed by atoms with Crippen LogP contribution in [0.15, 0.2) is 60.8 Å². The predicted octanol–water partition coefficient (Wildman–Crippen LogP) is 4.67. The van der Waals surface area contributed by atoms with Crippen LogP contribution >= 0.6 is 11.6 Å². The van der Waals surface area contributed by atoms with Gasteiger partial charge in [0.05, 0.1) is 0 Å². The third kappa shape index (κ3) is 4.17. The third-order valence-electron chi connectivity index (χ3n) is 3.06. The maximum absolute atomic E-state index is 12.9. The topological polar surface area (TPSA) is 47.0 Å². The standard InChI is InChI=1S/C17H13ClFN3O/c18-15-4-2-1-3-12(15)11-21-17-20-10-9-16(22-17)23-14-7-5-13(19)6-8-14/h1-10H,11H2,(H,20,21,22). The van der Waals surface area contributed by atoms with E-state index in [0.29, 0.717) is 29.1 Å². The SMILES string of the molecule is Fc1ccc(Oc2ccnc(NCc3ccccc3Cl)n2)cc1. The Morgan fingerprint density at radius 1 is 1.04 bits per heavy atom. The minimum atomic E-state index is -0.317. The second-order valence-electron chi connectivity index (χ2n) is 4.72. The van der Waals surface area contributed by atoms with Crippen LogP contribution in [0.2, 0.25) is 5.02 Å². The van der Waals surface area contributed by atoms with E-state index in [4.69, 9.17) is 16.3 Å². The number of benzene rings is 2. The Balaban J connectivity index is 1.67. The zero-order valence-corrected chi connectivity index (χ0v) is 12.8. The molecule has 0 atom stereocenters. The van der Waals surface area contributed by atoms with E-state index in [1.165, 1.54) is 24.3 Å². The molecule has 0 aliphatic rings. The highest BCUT2D eigenvalue weighted by Crippen LogP contribution is 2.21. The van der Waals surface area contributed by atoms with E-state index >= 15 is 0 Å². The van der Waals surface area contributed by atoms with Gasteiger partial charge in [-0.15, -0.1) is 0 Å². The van der Waals surface area contributed by atoms with Crippen molar-refractivity contribution >= 4 is 17.5 Å². The first-order valence-corrected chi connectivity index (χ1v) is 7.32. The van der Waals surface area contributed by atoms with Crippen LogP contribution in [0.4, 0.5) is 10.3 Å². The number of aromatic nitrogens is 2. The van der Waals surface area contributed by atoms with Crippen molar-refractivity contribution in [3.8, 4) is 11.6 Å². The lowest BCUT2D eigenvalue weighted by molar-refractivity contribution is 0.460. The second kappa shape index (κ2) is 7.07. The smallest absolute Gasteiger partial charge is 0.226 e. The van der Waals surface area contributed by atoms with Gasteiger partial charge >= 0.3 is 0 Å². The number of nitrogens with one attached hydrogen (secondary N) is 1. The fourth-order valence-corrected chi connectivity index (χ4v) is 2.13. The molecule has 3 aromatic rings. The molecular weight excluding hydrogens is 317 g/mol. The molecule has 1 heterocycles. The van der Waals surface area contributed by atoms with Crippen molar-refractivity contribution in [2.24, 2.45) is 0 Å². The van der Waals surface area contributed by atoms with Crippen LogP contribution in [-0.4, -0.2) is 9.97 Å². The molecule has 23 heavy (non-hydrogen) atoms. The Morgan fingerprint density at radius 2 is 1.83 bits per heavy atom. The van der Waals surface area contributed by atoms with Gasteiger partial charge < -0.3 is 10.1 Å². The summed E-state index contributed by atoms with van der Waals surface area (Å²) in [6.45, 7) is 0.500. The van der Waals surface area contributed by atoms with E-state index in [9.17, 15) is 4.39 Å². The summed E-state index contributed by atoms with van der Waals surface area (Å²) in [5.41, 5.74) is 0.947. The number of halogens is 2. The predicted molar refractivity (Wildman–Crippen MR) is 87.3 cm³/mol. The quantitative estimate of drug-likeness (QED) is 0.738. The van der Waals surface area contributed by atoms with Crippen molar-refractivity contribution in [2.45, 2.75) is 6.54 Å². The largest absolute Gasteiger partial charge is 0.439 e. The van der Waals surface area contributed by atoms with Crippen molar-refractivity contribution in [3.05, 3.63) is 77.2 Å². The van der Waals surface area contributed by atoms with Gasteiger partial charge in [-0.25, -0.2) is 9.37 Å². The monoisotopic (exact) mass is 329 g/mol. The maximum Gasteiger partial charge on any atom is 0.226 e. The summed E-state index contributed by atoms with van der Waals surface area (Å²) >= 11 is 6.11. The average Bonchev–Trinajstić information content (AvgIpc) is 2.57. The van der Waals surface area contributed by atoms with Gasteiger partial charge in [0, 0.05) is 23.8 Å². The Bertz CT molecular complexity index is 796. The van der Waals surface area contributed by atoms with Crippen LogP contribution in [0.1, 0.15) is 5.56 Å². The van der Waals surface area contributed by atoms with Crippen molar-refractivity contribution in [3.63, 3.8) is 0 Å². The summed E-state index contributed by atoms with van der Waals surface area (Å²) in [6, 6.07) is 14.9. The lowest BCUT2D eigenvalue weighted by atomic mass is 10.2. The first-order valence-electron chi connectivity index (χ1n) is 6.94. The average molecular weight is 330 g/mol. The van der Waals surface area contributed by atoms with Crippen molar-refractivity contribution in [2.75, 3.05) is 5.32 Å². The Labute approximate surface area is 137 Å². The summed E-state index contributed by atoms with van der Waals surface area (Å²) < 4.78 is 18.4. The highest BCUT2D eigenvalue weighted by molar-refractivity contribution is 6.31. The Kier molecular flexibility index (Phi) is 4.68. The van der Waals surface area contributed by atoms with E-state index in [1.807, 2.05) is 24.3 Å². The van der Waals surface area contributed by atoms with Gasteiger partial charge in [0.2, 0.25) is 11.8 Å². The summed E-state index contributed by atoms with van der Waals surface area (Å²) in [4.78, 5) is 8.39. The molecule has 4 nitrogen and oxygen atoms in total. The molecule has 0 amide bonds. The molecule has 0 aliphatic heterocycles. The molecule has 0 bridgehead atoms. The van der Waals surface area contributed by atoms with Crippen molar-refractivity contribution in [1.29, 1.82) is 0 Å². The molecule has 116 valence electrons. The van der Waals surface area contributed by atoms with Crippen LogP contribution in [0.5, 0.6) is 11.6 Å². The number of hydrogen-bond acceptors (Lipinski definition) is 4. The third-order valence-corrected chi connectivity index (χ3v) is 3.43. The minimum Gasteiger partial charge on any atom is -0.439 e. The van der Waals surface area contributed by atoms with Gasteiger partial charge in [-0.2, -0.15) is 4.98 Å². The molecule has 0 unspecified atom stereocenters. The second-order valence-corrected chi connectivity index (χ2v) is 5.13. The van der Waals surface area contributed by atoms with Crippen molar-refractivity contribution < 1.29 is 9.13 Å². The highest BCUT2D eigenvalue weighted by Gasteiger charge is 2.04. The number of ether oxygens (including phenoxy) is 1. The summed E-state index contributed by atoms with van der Waals surface area (Å²) in [7, 11) is 0. The molecular formula is C17H13ClFN3O. The molecule has 2 aromatic carbocycles. The summed E-state index contributed by atoms with van der Waals surface area (Å²) in [6.07, 6.45) is 1.58. The lowest BCUT2D eigenvalue weighted by Crippen LogP contribution is -2.04. The molecule has 1 aromatic heterocycles. The van der Waals surface area contributed by atoms with Gasteiger partial charge in [0.25, 0.3) is 0 Å². The lowest BCUT2D eigenvalue weighted by Gasteiger charge is -2.08. The zero-order chi connectivity index (χ0) is 16.1. The summed E-state index contributed by atoms with van der Waals surface area (Å²) in [5, 5.41) is 3.77. The Hall–Kier alpha value is -2.66. The first-order chi connectivity index (χ1) is 11.2. The normalized spacial score (nSPS) is 10.3. The molecule has 0 radical (unpaired) electrons. The molecule has 0 fully saturated rings. The van der Waals surface area contributed by atoms with Gasteiger partial charge in [0.15, 0.2) is 0 Å². The molecule has 1 N–H and O–H groups in total. The Morgan fingerprint density at radius 3 is 2.61 bits per heavy atom. The molecule has 0 aliphatic carbocycles. The van der Waals surface area contributed by atoms with Crippen LogP contribution in [-0.2, 0) is 6.54 Å². The fraction of sp³-hybridized carbons (Fsp3) is 0.0588. The maximum atomic E-state index is 12.9. The van der Waals surface area contributed by atoms with Crippen molar-refractivity contribution in [1.82, 2.24) is 9.97 Å². The fourth-order valence-electron chi connectivity index (χ4n) is 1.92. The number of nitrogens with zero attached hydrogens (tertiary/aromatic N) is 2. The number of rotatable bonds is 5. The van der Waals surface area contributed by atoms with E-state index in [2.05, 4.69) is 15.3 Å². The highest BCUT2D eigenvalue weighted by atomic mass is 35.5. The molecule has 0 saturated heterocycles. The number of hydrogen-bond donors (Lipinski definition) is 1. The van der Waals surface area contributed by atoms with Crippen LogP contribution in [0.25, 0.3) is 0 Å². The van der Waals surface area contributed by atoms with Gasteiger partial charge in [-0.05, 0) is 35.9 Å². The van der Waals surface area contributed by atoms with Gasteiger partial charge in [-0.1, -0.05) is 29.8 Å². The number of anilines is 1.